The van der Waals surface area contributed by atoms with Crippen LogP contribution in [0.1, 0.15) is 25.3 Å². The van der Waals surface area contributed by atoms with Gasteiger partial charge in [0.25, 0.3) is 0 Å². The zero-order chi connectivity index (χ0) is 16.8. The van der Waals surface area contributed by atoms with Gasteiger partial charge in [0.1, 0.15) is 12.1 Å². The summed E-state index contributed by atoms with van der Waals surface area (Å²) in [5.74, 6) is -0.0124. The molecule has 2 saturated heterocycles. The molecule has 0 bridgehead atoms. The minimum absolute atomic E-state index is 0.000133. The molecular formula is C16H20N2O4S. The Bertz CT molecular complexity index is 742. The third-order valence-electron chi connectivity index (χ3n) is 4.63. The summed E-state index contributed by atoms with van der Waals surface area (Å²) in [6, 6.07) is 5.66. The zero-order valence-electron chi connectivity index (χ0n) is 13.2. The highest BCUT2D eigenvalue weighted by atomic mass is 32.2. The van der Waals surface area contributed by atoms with Crippen molar-refractivity contribution in [2.24, 2.45) is 0 Å². The fraction of sp³-hybridized carbons (Fsp3) is 0.500. The van der Waals surface area contributed by atoms with Crippen LogP contribution >= 0.6 is 0 Å². The number of benzene rings is 1. The normalized spacial score (nSPS) is 25.0. The van der Waals surface area contributed by atoms with Crippen LogP contribution in [0.15, 0.2) is 29.2 Å². The van der Waals surface area contributed by atoms with E-state index >= 15 is 0 Å². The first-order valence-corrected chi connectivity index (χ1v) is 9.58. The second kappa shape index (κ2) is 5.63. The second-order valence-electron chi connectivity index (χ2n) is 6.25. The van der Waals surface area contributed by atoms with Gasteiger partial charge in [-0.05, 0) is 37.5 Å². The van der Waals surface area contributed by atoms with E-state index < -0.39 is 15.9 Å². The van der Waals surface area contributed by atoms with E-state index in [0.29, 0.717) is 13.1 Å². The Hall–Kier alpha value is -1.89. The van der Waals surface area contributed by atoms with Crippen molar-refractivity contribution in [3.05, 3.63) is 29.8 Å². The first kappa shape index (κ1) is 16.0. The van der Waals surface area contributed by atoms with Crippen LogP contribution in [0.25, 0.3) is 0 Å². The van der Waals surface area contributed by atoms with Crippen LogP contribution in [-0.2, 0) is 26.0 Å². The fourth-order valence-electron chi connectivity index (χ4n) is 3.30. The lowest BCUT2D eigenvalue weighted by atomic mass is 10.0. The average molecular weight is 336 g/mol. The number of hydrogen-bond acceptors (Lipinski definition) is 4. The second-order valence-corrected chi connectivity index (χ2v) is 8.26. The molecule has 0 aromatic heterocycles. The molecule has 1 aromatic carbocycles. The number of sulfone groups is 1. The third kappa shape index (κ3) is 2.85. The molecule has 0 spiro atoms. The number of fused-ring (bicyclic) bond motifs is 1. The van der Waals surface area contributed by atoms with Crippen molar-refractivity contribution in [2.45, 2.75) is 43.3 Å². The molecule has 6 nitrogen and oxygen atoms in total. The molecule has 3 rings (SSSR count). The number of rotatable bonds is 3. The molecule has 2 fully saturated rings. The van der Waals surface area contributed by atoms with E-state index in [-0.39, 0.29) is 22.8 Å². The number of piperazine rings is 1. The van der Waals surface area contributed by atoms with Gasteiger partial charge in [0.2, 0.25) is 11.8 Å². The highest BCUT2D eigenvalue weighted by Crippen LogP contribution is 2.28. The lowest BCUT2D eigenvalue weighted by Gasteiger charge is -2.41. The molecular weight excluding hydrogens is 316 g/mol. The number of carbonyl (C=O) groups excluding carboxylic acids is 2. The molecule has 2 atom stereocenters. The standard InChI is InChI=1S/C16H20N2O4S/c1-11-15(19)17-9-3-4-14(17)16(20)18(11)10-12-5-7-13(8-6-12)23(2,21)22/h5-8,11,14H,3-4,9-10H2,1-2H3/t11-,14-/m0/s1. The van der Waals surface area contributed by atoms with E-state index in [9.17, 15) is 18.0 Å². The van der Waals surface area contributed by atoms with Gasteiger partial charge in [0.05, 0.1) is 4.90 Å². The summed E-state index contributed by atoms with van der Waals surface area (Å²) in [6.45, 7) is 2.73. The van der Waals surface area contributed by atoms with Gasteiger partial charge in [-0.2, -0.15) is 0 Å². The highest BCUT2D eigenvalue weighted by Gasteiger charge is 2.45. The molecule has 1 aromatic rings. The highest BCUT2D eigenvalue weighted by molar-refractivity contribution is 7.90. The van der Waals surface area contributed by atoms with Crippen LogP contribution in [-0.4, -0.2) is 54.9 Å². The predicted molar refractivity (Wildman–Crippen MR) is 84.3 cm³/mol. The van der Waals surface area contributed by atoms with E-state index in [0.717, 1.165) is 24.7 Å². The van der Waals surface area contributed by atoms with Crippen LogP contribution in [0, 0.1) is 0 Å². The number of nitrogens with zero attached hydrogens (tertiary/aromatic N) is 2. The summed E-state index contributed by atoms with van der Waals surface area (Å²) < 4.78 is 23.0. The van der Waals surface area contributed by atoms with Gasteiger partial charge in [-0.15, -0.1) is 0 Å². The van der Waals surface area contributed by atoms with Gasteiger partial charge in [0, 0.05) is 19.3 Å². The maximum Gasteiger partial charge on any atom is 0.246 e. The molecule has 2 aliphatic rings. The molecule has 7 heteroatoms. The summed E-state index contributed by atoms with van der Waals surface area (Å²) >= 11 is 0. The quantitative estimate of drug-likeness (QED) is 0.819. The van der Waals surface area contributed by atoms with Crippen molar-refractivity contribution in [3.8, 4) is 0 Å². The number of hydrogen-bond donors (Lipinski definition) is 0. The Labute approximate surface area is 136 Å². The zero-order valence-corrected chi connectivity index (χ0v) is 14.0. The van der Waals surface area contributed by atoms with E-state index in [1.165, 1.54) is 12.1 Å². The van der Waals surface area contributed by atoms with Crippen molar-refractivity contribution in [1.82, 2.24) is 9.80 Å². The molecule has 0 aliphatic carbocycles. The summed E-state index contributed by atoms with van der Waals surface area (Å²) in [7, 11) is -3.24. The Morgan fingerprint density at radius 3 is 2.39 bits per heavy atom. The summed E-state index contributed by atoms with van der Waals surface area (Å²) in [5.41, 5.74) is 0.817. The SMILES string of the molecule is C[C@H]1C(=O)N2CCC[C@H]2C(=O)N1Cc1ccc(S(C)(=O)=O)cc1. The molecule has 0 unspecified atom stereocenters. The van der Waals surface area contributed by atoms with Gasteiger partial charge >= 0.3 is 0 Å². The lowest BCUT2D eigenvalue weighted by molar-refractivity contribution is -0.159. The number of amides is 2. The molecule has 2 amide bonds. The Balaban J connectivity index is 1.81. The van der Waals surface area contributed by atoms with Crippen molar-refractivity contribution in [3.63, 3.8) is 0 Å². The van der Waals surface area contributed by atoms with Gasteiger partial charge in [-0.1, -0.05) is 12.1 Å². The van der Waals surface area contributed by atoms with E-state index in [2.05, 4.69) is 0 Å². The predicted octanol–water partition coefficient (Wildman–Crippen LogP) is 0.812. The summed E-state index contributed by atoms with van der Waals surface area (Å²) in [6.07, 6.45) is 2.75. The first-order valence-electron chi connectivity index (χ1n) is 7.69. The first-order chi connectivity index (χ1) is 10.8. The van der Waals surface area contributed by atoms with E-state index in [1.54, 1.807) is 28.9 Å². The number of carbonyl (C=O) groups is 2. The molecule has 0 saturated carbocycles. The van der Waals surface area contributed by atoms with Crippen molar-refractivity contribution < 1.29 is 18.0 Å². The van der Waals surface area contributed by atoms with Gasteiger partial charge in [0.15, 0.2) is 9.84 Å². The summed E-state index contributed by atoms with van der Waals surface area (Å²) in [5, 5.41) is 0. The molecule has 2 aliphatic heterocycles. The fourth-order valence-corrected chi connectivity index (χ4v) is 3.93. The molecule has 23 heavy (non-hydrogen) atoms. The van der Waals surface area contributed by atoms with Crippen LogP contribution in [0.4, 0.5) is 0 Å². The van der Waals surface area contributed by atoms with Crippen molar-refractivity contribution in [1.29, 1.82) is 0 Å². The van der Waals surface area contributed by atoms with Crippen LogP contribution in [0.2, 0.25) is 0 Å². The molecule has 0 N–H and O–H groups in total. The third-order valence-corrected chi connectivity index (χ3v) is 5.76. The van der Waals surface area contributed by atoms with Crippen molar-refractivity contribution >= 4 is 21.7 Å². The van der Waals surface area contributed by atoms with Gasteiger partial charge in [-0.3, -0.25) is 9.59 Å². The molecule has 2 heterocycles. The smallest absolute Gasteiger partial charge is 0.246 e. The van der Waals surface area contributed by atoms with Crippen LogP contribution in [0.3, 0.4) is 0 Å². The molecule has 124 valence electrons. The van der Waals surface area contributed by atoms with Gasteiger partial charge < -0.3 is 9.80 Å². The minimum Gasteiger partial charge on any atom is -0.329 e. The topological polar surface area (TPSA) is 74.8 Å². The maximum atomic E-state index is 12.6. The summed E-state index contributed by atoms with van der Waals surface area (Å²) in [4.78, 5) is 28.6. The average Bonchev–Trinajstić information content (AvgIpc) is 2.99. The Kier molecular flexibility index (Phi) is 3.91. The Morgan fingerprint density at radius 1 is 1.13 bits per heavy atom. The van der Waals surface area contributed by atoms with Gasteiger partial charge in [-0.25, -0.2) is 8.42 Å². The minimum atomic E-state index is -3.24. The Morgan fingerprint density at radius 2 is 1.78 bits per heavy atom. The lowest BCUT2D eigenvalue weighted by Crippen LogP contribution is -2.61. The largest absolute Gasteiger partial charge is 0.329 e. The maximum absolute atomic E-state index is 12.6. The molecule has 0 radical (unpaired) electrons. The van der Waals surface area contributed by atoms with Crippen LogP contribution in [0.5, 0.6) is 0 Å². The van der Waals surface area contributed by atoms with E-state index in [1.807, 2.05) is 0 Å². The van der Waals surface area contributed by atoms with Crippen molar-refractivity contribution in [2.75, 3.05) is 12.8 Å². The van der Waals surface area contributed by atoms with E-state index in [4.69, 9.17) is 0 Å². The monoisotopic (exact) mass is 336 g/mol. The van der Waals surface area contributed by atoms with Crippen LogP contribution < -0.4 is 0 Å².